The second-order valence-electron chi connectivity index (χ2n) is 5.61. The minimum absolute atomic E-state index is 0.175. The van der Waals surface area contributed by atoms with Gasteiger partial charge in [-0.1, -0.05) is 18.8 Å². The monoisotopic (exact) mass is 307 g/mol. The van der Waals surface area contributed by atoms with Gasteiger partial charge in [-0.3, -0.25) is 0 Å². The van der Waals surface area contributed by atoms with Crippen LogP contribution in [0.3, 0.4) is 0 Å². The lowest BCUT2D eigenvalue weighted by atomic mass is 10.1. The maximum absolute atomic E-state index is 12.3. The first-order valence-electron chi connectivity index (χ1n) is 7.12. The van der Waals surface area contributed by atoms with Crippen molar-refractivity contribution in [2.45, 2.75) is 38.0 Å². The van der Waals surface area contributed by atoms with E-state index in [2.05, 4.69) is 23.5 Å². The molecule has 0 amide bonds. The third-order valence-electron chi connectivity index (χ3n) is 4.15. The fraction of sp³-hybridized carbons (Fsp3) is 0.500. The van der Waals surface area contributed by atoms with Gasteiger partial charge in [0.25, 0.3) is 0 Å². The Morgan fingerprint density at radius 1 is 1.38 bits per heavy atom. The van der Waals surface area contributed by atoms with E-state index in [0.29, 0.717) is 6.54 Å². The number of rotatable bonds is 5. The maximum atomic E-state index is 12.3. The molecule has 0 bridgehead atoms. The number of benzene rings is 1. The summed E-state index contributed by atoms with van der Waals surface area (Å²) in [6.07, 6.45) is 3.20. The smallest absolute Gasteiger partial charge is 0.240 e. The highest BCUT2D eigenvalue weighted by atomic mass is 32.2. The maximum Gasteiger partial charge on any atom is 0.240 e. The van der Waals surface area contributed by atoms with Gasteiger partial charge in [0, 0.05) is 12.1 Å². The molecule has 1 saturated carbocycles. The molecule has 0 spiro atoms. The van der Waals surface area contributed by atoms with Gasteiger partial charge in [-0.25, -0.2) is 13.1 Å². The Hall–Kier alpha value is -1.35. The van der Waals surface area contributed by atoms with Crippen LogP contribution in [-0.4, -0.2) is 26.7 Å². The second kappa shape index (κ2) is 6.18. The van der Waals surface area contributed by atoms with Crippen molar-refractivity contribution in [2.75, 3.05) is 13.2 Å². The fourth-order valence-corrected chi connectivity index (χ4v) is 3.48. The SMILES string of the molecule is CCC1(CNS(=O)(=O)c2ccc(C#CCO)c(C)c2)CC1. The molecule has 2 rings (SSSR count). The summed E-state index contributed by atoms with van der Waals surface area (Å²) >= 11 is 0. The van der Waals surface area contributed by atoms with Crippen LogP contribution in [0, 0.1) is 24.2 Å². The van der Waals surface area contributed by atoms with E-state index in [0.717, 1.165) is 30.4 Å². The molecule has 0 unspecified atom stereocenters. The number of sulfonamides is 1. The molecule has 4 nitrogen and oxygen atoms in total. The van der Waals surface area contributed by atoms with Crippen LogP contribution in [0.25, 0.3) is 0 Å². The van der Waals surface area contributed by atoms with Crippen LogP contribution >= 0.6 is 0 Å². The van der Waals surface area contributed by atoms with Gasteiger partial charge < -0.3 is 5.11 Å². The Morgan fingerprint density at radius 3 is 2.62 bits per heavy atom. The molecule has 0 saturated heterocycles. The van der Waals surface area contributed by atoms with Crippen LogP contribution in [0.2, 0.25) is 0 Å². The van der Waals surface area contributed by atoms with Crippen molar-refractivity contribution in [2.24, 2.45) is 5.41 Å². The predicted octanol–water partition coefficient (Wildman–Crippen LogP) is 1.81. The molecule has 5 heteroatoms. The average molecular weight is 307 g/mol. The van der Waals surface area contributed by atoms with Crippen LogP contribution in [0.1, 0.15) is 37.3 Å². The number of nitrogens with one attached hydrogen (secondary N) is 1. The van der Waals surface area contributed by atoms with Crippen molar-refractivity contribution in [3.8, 4) is 11.8 Å². The van der Waals surface area contributed by atoms with Crippen LogP contribution in [0.5, 0.6) is 0 Å². The summed E-state index contributed by atoms with van der Waals surface area (Å²) in [5.41, 5.74) is 1.69. The van der Waals surface area contributed by atoms with E-state index in [1.807, 2.05) is 6.92 Å². The van der Waals surface area contributed by atoms with E-state index in [1.54, 1.807) is 18.2 Å². The first kappa shape index (κ1) is 16.0. The third kappa shape index (κ3) is 3.85. The molecule has 1 aliphatic rings. The largest absolute Gasteiger partial charge is 0.384 e. The predicted molar refractivity (Wildman–Crippen MR) is 82.3 cm³/mol. The van der Waals surface area contributed by atoms with E-state index in [-0.39, 0.29) is 16.9 Å². The highest BCUT2D eigenvalue weighted by molar-refractivity contribution is 7.89. The summed E-state index contributed by atoms with van der Waals surface area (Å²) in [5, 5.41) is 8.70. The van der Waals surface area contributed by atoms with Gasteiger partial charge in [0.1, 0.15) is 6.61 Å². The van der Waals surface area contributed by atoms with Gasteiger partial charge in [0.05, 0.1) is 4.90 Å². The quantitative estimate of drug-likeness (QED) is 0.815. The highest BCUT2D eigenvalue weighted by Crippen LogP contribution is 2.48. The highest BCUT2D eigenvalue weighted by Gasteiger charge is 2.41. The van der Waals surface area contributed by atoms with Crippen molar-refractivity contribution in [1.29, 1.82) is 0 Å². The number of hydrogen-bond donors (Lipinski definition) is 2. The van der Waals surface area contributed by atoms with E-state index in [4.69, 9.17) is 5.11 Å². The lowest BCUT2D eigenvalue weighted by Crippen LogP contribution is -2.30. The van der Waals surface area contributed by atoms with Gasteiger partial charge in [0.15, 0.2) is 0 Å². The Bertz CT molecular complexity index is 679. The molecule has 0 radical (unpaired) electrons. The van der Waals surface area contributed by atoms with Crippen molar-refractivity contribution < 1.29 is 13.5 Å². The average Bonchev–Trinajstić information content (AvgIpc) is 3.25. The summed E-state index contributed by atoms with van der Waals surface area (Å²) in [6, 6.07) is 4.86. The summed E-state index contributed by atoms with van der Waals surface area (Å²) in [4.78, 5) is 0.265. The van der Waals surface area contributed by atoms with E-state index in [1.165, 1.54) is 0 Å². The molecule has 0 atom stereocenters. The number of aryl methyl sites for hydroxylation is 1. The summed E-state index contributed by atoms with van der Waals surface area (Å²) in [7, 11) is -3.47. The van der Waals surface area contributed by atoms with Gasteiger partial charge in [0.2, 0.25) is 10.0 Å². The molecular weight excluding hydrogens is 286 g/mol. The summed E-state index contributed by atoms with van der Waals surface area (Å²) in [5.74, 6) is 5.37. The van der Waals surface area contributed by atoms with Gasteiger partial charge in [-0.2, -0.15) is 0 Å². The molecule has 0 aliphatic heterocycles. The minimum Gasteiger partial charge on any atom is -0.384 e. The number of hydrogen-bond acceptors (Lipinski definition) is 3. The van der Waals surface area contributed by atoms with E-state index in [9.17, 15) is 8.42 Å². The van der Waals surface area contributed by atoms with Crippen molar-refractivity contribution in [3.63, 3.8) is 0 Å². The third-order valence-corrected chi connectivity index (χ3v) is 5.55. The standard InChI is InChI=1S/C16H21NO3S/c1-3-16(8-9-16)12-17-21(19,20)15-7-6-14(5-4-10-18)13(2)11-15/h6-7,11,17-18H,3,8-10,12H2,1-2H3. The van der Waals surface area contributed by atoms with Gasteiger partial charge in [-0.05, 0) is 55.4 Å². The second-order valence-corrected chi connectivity index (χ2v) is 7.38. The first-order valence-corrected chi connectivity index (χ1v) is 8.61. The Kier molecular flexibility index (Phi) is 4.72. The molecule has 21 heavy (non-hydrogen) atoms. The molecule has 1 aromatic carbocycles. The summed E-state index contributed by atoms with van der Waals surface area (Å²) in [6.45, 7) is 4.21. The van der Waals surface area contributed by atoms with Crippen LogP contribution in [-0.2, 0) is 10.0 Å². The van der Waals surface area contributed by atoms with Crippen LogP contribution in [0.4, 0.5) is 0 Å². The molecule has 0 heterocycles. The zero-order chi connectivity index (χ0) is 15.5. The Balaban J connectivity index is 2.15. The minimum atomic E-state index is -3.47. The molecule has 1 aliphatic carbocycles. The molecular formula is C16H21NO3S. The van der Waals surface area contributed by atoms with E-state index >= 15 is 0 Å². The van der Waals surface area contributed by atoms with Crippen molar-refractivity contribution >= 4 is 10.0 Å². The van der Waals surface area contributed by atoms with Crippen LogP contribution < -0.4 is 4.72 Å². The van der Waals surface area contributed by atoms with Crippen molar-refractivity contribution in [3.05, 3.63) is 29.3 Å². The van der Waals surface area contributed by atoms with E-state index < -0.39 is 10.0 Å². The molecule has 114 valence electrons. The first-order chi connectivity index (χ1) is 9.92. The molecule has 2 N–H and O–H groups in total. The Labute approximate surface area is 126 Å². The van der Waals surface area contributed by atoms with Gasteiger partial charge >= 0.3 is 0 Å². The lowest BCUT2D eigenvalue weighted by molar-refractivity contribution is 0.350. The number of aliphatic hydroxyl groups is 1. The molecule has 1 aromatic rings. The fourth-order valence-electron chi connectivity index (χ4n) is 2.24. The lowest BCUT2D eigenvalue weighted by Gasteiger charge is -2.14. The van der Waals surface area contributed by atoms with Crippen LogP contribution in [0.15, 0.2) is 23.1 Å². The normalized spacial score (nSPS) is 16.1. The zero-order valence-electron chi connectivity index (χ0n) is 12.4. The molecule has 1 fully saturated rings. The Morgan fingerprint density at radius 2 is 2.10 bits per heavy atom. The molecule has 0 aromatic heterocycles. The topological polar surface area (TPSA) is 66.4 Å². The van der Waals surface area contributed by atoms with Gasteiger partial charge in [-0.15, -0.1) is 0 Å². The zero-order valence-corrected chi connectivity index (χ0v) is 13.3. The van der Waals surface area contributed by atoms with Crippen molar-refractivity contribution in [1.82, 2.24) is 4.72 Å². The number of aliphatic hydroxyl groups excluding tert-OH is 1. The summed E-state index contributed by atoms with van der Waals surface area (Å²) < 4.78 is 27.3.